The Kier molecular flexibility index (Phi) is 5.88. The fourth-order valence-electron chi connectivity index (χ4n) is 5.37. The van der Waals surface area contributed by atoms with Crippen molar-refractivity contribution < 1.29 is 4.79 Å². The molecule has 160 valence electrons. The van der Waals surface area contributed by atoms with Crippen LogP contribution in [-0.2, 0) is 0 Å². The van der Waals surface area contributed by atoms with Gasteiger partial charge in [0.15, 0.2) is 0 Å². The lowest BCUT2D eigenvalue weighted by molar-refractivity contribution is -0.112. The number of hydrogen-bond acceptors (Lipinski definition) is 3. The number of rotatable bonds is 5. The molecule has 4 rings (SSSR count). The number of piperidine rings is 1. The molecule has 4 nitrogen and oxygen atoms in total. The molecule has 0 radical (unpaired) electrons. The molecule has 2 saturated heterocycles. The minimum atomic E-state index is 0.171. The molecular weight excluding hydrogens is 370 g/mol. The van der Waals surface area contributed by atoms with Crippen molar-refractivity contribution in [3.8, 4) is 0 Å². The maximum atomic E-state index is 13.1. The molecule has 0 N–H and O–H groups in total. The van der Waals surface area contributed by atoms with Gasteiger partial charge in [-0.3, -0.25) is 9.69 Å². The number of carbonyl (C=O) groups is 1. The largest absolute Gasteiger partial charge is 0.378 e. The second-order valence-electron chi connectivity index (χ2n) is 9.73. The van der Waals surface area contributed by atoms with Crippen molar-refractivity contribution in [2.75, 3.05) is 45.2 Å². The topological polar surface area (TPSA) is 26.8 Å². The highest BCUT2D eigenvalue weighted by molar-refractivity contribution is 5.94. The maximum absolute atomic E-state index is 13.1. The van der Waals surface area contributed by atoms with Gasteiger partial charge in [0.25, 0.3) is 5.91 Å². The van der Waals surface area contributed by atoms with Crippen LogP contribution < -0.4 is 4.90 Å². The molecule has 2 aromatic rings. The highest BCUT2D eigenvalue weighted by Gasteiger charge is 2.54. The lowest BCUT2D eigenvalue weighted by Crippen LogP contribution is -2.63. The fourth-order valence-corrected chi connectivity index (χ4v) is 5.37. The summed E-state index contributed by atoms with van der Waals surface area (Å²) >= 11 is 0. The molecule has 0 saturated carbocycles. The summed E-state index contributed by atoms with van der Waals surface area (Å²) in [5.41, 5.74) is 3.66. The quantitative estimate of drug-likeness (QED) is 0.722. The number of hydrogen-bond donors (Lipinski definition) is 0. The molecule has 1 spiro atoms. The van der Waals surface area contributed by atoms with Crippen LogP contribution in [0, 0.1) is 11.3 Å². The first-order valence-corrected chi connectivity index (χ1v) is 11.3. The Morgan fingerprint density at radius 1 is 1.03 bits per heavy atom. The molecule has 2 heterocycles. The predicted octanol–water partition coefficient (Wildman–Crippen LogP) is 4.69. The van der Waals surface area contributed by atoms with Crippen molar-refractivity contribution in [3.05, 3.63) is 65.7 Å². The van der Waals surface area contributed by atoms with Gasteiger partial charge in [-0.05, 0) is 48.6 Å². The fraction of sp³-hybridized carbons (Fsp3) is 0.500. The van der Waals surface area contributed by atoms with Crippen molar-refractivity contribution in [1.29, 1.82) is 0 Å². The lowest BCUT2D eigenvalue weighted by atomic mass is 9.63. The number of anilines is 1. The second-order valence-corrected chi connectivity index (χ2v) is 9.73. The van der Waals surface area contributed by atoms with Crippen LogP contribution in [0.3, 0.4) is 0 Å². The lowest BCUT2D eigenvalue weighted by Gasteiger charge is -2.61. The van der Waals surface area contributed by atoms with Gasteiger partial charge in [-0.15, -0.1) is 0 Å². The van der Waals surface area contributed by atoms with E-state index in [1.54, 1.807) is 0 Å². The van der Waals surface area contributed by atoms with E-state index in [1.807, 2.05) is 38.4 Å². The second kappa shape index (κ2) is 8.43. The molecule has 30 heavy (non-hydrogen) atoms. The van der Waals surface area contributed by atoms with Gasteiger partial charge < -0.3 is 9.80 Å². The third-order valence-electron chi connectivity index (χ3n) is 6.86. The van der Waals surface area contributed by atoms with Crippen LogP contribution in [0.25, 0.3) is 0 Å². The highest BCUT2D eigenvalue weighted by atomic mass is 16.2. The summed E-state index contributed by atoms with van der Waals surface area (Å²) in [6.07, 6.45) is 2.17. The molecule has 1 unspecified atom stereocenters. The molecule has 0 aliphatic carbocycles. The summed E-state index contributed by atoms with van der Waals surface area (Å²) in [6.45, 7) is 8.61. The Morgan fingerprint density at radius 3 is 2.23 bits per heavy atom. The Balaban J connectivity index is 1.45. The number of carbonyl (C=O) groups excluding carboxylic acids is 1. The van der Waals surface area contributed by atoms with Crippen LogP contribution >= 0.6 is 0 Å². The van der Waals surface area contributed by atoms with Gasteiger partial charge in [-0.1, -0.05) is 44.2 Å². The van der Waals surface area contributed by atoms with Gasteiger partial charge in [0.05, 0.1) is 0 Å². The van der Waals surface area contributed by atoms with Crippen molar-refractivity contribution in [3.63, 3.8) is 0 Å². The van der Waals surface area contributed by atoms with E-state index in [0.717, 1.165) is 50.3 Å². The minimum Gasteiger partial charge on any atom is -0.378 e. The van der Waals surface area contributed by atoms with Crippen LogP contribution in [0.15, 0.2) is 54.6 Å². The van der Waals surface area contributed by atoms with Crippen LogP contribution in [0.5, 0.6) is 0 Å². The van der Waals surface area contributed by atoms with Crippen LogP contribution in [0.2, 0.25) is 0 Å². The van der Waals surface area contributed by atoms with Gasteiger partial charge in [-0.25, -0.2) is 0 Å². The first-order chi connectivity index (χ1) is 14.4. The van der Waals surface area contributed by atoms with Gasteiger partial charge >= 0.3 is 0 Å². The van der Waals surface area contributed by atoms with Gasteiger partial charge in [0.2, 0.25) is 0 Å². The molecule has 1 amide bonds. The Labute approximate surface area is 181 Å². The molecule has 2 fully saturated rings. The zero-order chi connectivity index (χ0) is 21.3. The summed E-state index contributed by atoms with van der Waals surface area (Å²) < 4.78 is 0. The third kappa shape index (κ3) is 3.98. The first-order valence-electron chi connectivity index (χ1n) is 11.3. The van der Waals surface area contributed by atoms with Crippen molar-refractivity contribution in [2.24, 2.45) is 11.3 Å². The number of benzene rings is 2. The average molecular weight is 406 g/mol. The van der Waals surface area contributed by atoms with Crippen molar-refractivity contribution in [1.82, 2.24) is 9.80 Å². The third-order valence-corrected chi connectivity index (χ3v) is 6.86. The molecule has 0 aromatic heterocycles. The van der Waals surface area contributed by atoms with E-state index >= 15 is 0 Å². The summed E-state index contributed by atoms with van der Waals surface area (Å²) in [7, 11) is 4.04. The molecule has 0 bridgehead atoms. The molecule has 2 aromatic carbocycles. The Hall–Kier alpha value is -2.33. The van der Waals surface area contributed by atoms with E-state index in [1.165, 1.54) is 5.56 Å². The predicted molar refractivity (Wildman–Crippen MR) is 124 cm³/mol. The van der Waals surface area contributed by atoms with Crippen molar-refractivity contribution in [2.45, 2.75) is 32.7 Å². The number of nitrogens with zero attached hydrogens (tertiary/aromatic N) is 3. The van der Waals surface area contributed by atoms with E-state index in [9.17, 15) is 4.79 Å². The minimum absolute atomic E-state index is 0.171. The van der Waals surface area contributed by atoms with Crippen LogP contribution in [0.1, 0.15) is 48.7 Å². The maximum Gasteiger partial charge on any atom is 0.253 e. The van der Waals surface area contributed by atoms with Crippen molar-refractivity contribution >= 4 is 11.6 Å². The Bertz CT molecular complexity index is 852. The van der Waals surface area contributed by atoms with E-state index in [4.69, 9.17) is 0 Å². The summed E-state index contributed by atoms with van der Waals surface area (Å²) in [5.74, 6) is 0.838. The van der Waals surface area contributed by atoms with Crippen LogP contribution in [-0.4, -0.2) is 56.0 Å². The molecule has 1 atom stereocenters. The smallest absolute Gasteiger partial charge is 0.253 e. The normalized spacial score (nSPS) is 21.0. The van der Waals surface area contributed by atoms with Gasteiger partial charge in [0.1, 0.15) is 0 Å². The molecular formula is C26H35N3O. The summed E-state index contributed by atoms with van der Waals surface area (Å²) in [6, 6.07) is 19.4. The number of likely N-dealkylation sites (tertiary alicyclic amines) is 2. The van der Waals surface area contributed by atoms with Gasteiger partial charge in [0, 0.05) is 63.0 Å². The molecule has 2 aliphatic heterocycles. The van der Waals surface area contributed by atoms with E-state index < -0.39 is 0 Å². The standard InChI is InChI=1S/C26H35N3O/c1-20(2)18-29-19-26(24(29)21-8-6-5-7-9-21)14-16-28(17-15-26)25(30)22-10-12-23(13-11-22)27(3)4/h5-13,20,24H,14-19H2,1-4H3. The van der Waals surface area contributed by atoms with E-state index in [0.29, 0.717) is 17.4 Å². The summed E-state index contributed by atoms with van der Waals surface area (Å²) in [4.78, 5) is 19.8. The monoisotopic (exact) mass is 405 g/mol. The molecule has 2 aliphatic rings. The first kappa shape index (κ1) is 20.9. The zero-order valence-corrected chi connectivity index (χ0v) is 18.8. The Morgan fingerprint density at radius 2 is 1.67 bits per heavy atom. The van der Waals surface area contributed by atoms with E-state index in [-0.39, 0.29) is 5.91 Å². The summed E-state index contributed by atoms with van der Waals surface area (Å²) in [5, 5.41) is 0. The highest BCUT2D eigenvalue weighted by Crippen LogP contribution is 2.55. The van der Waals surface area contributed by atoms with Gasteiger partial charge in [-0.2, -0.15) is 0 Å². The molecule has 4 heteroatoms. The number of amides is 1. The SMILES string of the molecule is CC(C)CN1CC2(CCN(C(=O)c3ccc(N(C)C)cc3)CC2)C1c1ccccc1. The van der Waals surface area contributed by atoms with Crippen LogP contribution in [0.4, 0.5) is 5.69 Å². The average Bonchev–Trinajstić information content (AvgIpc) is 2.73. The zero-order valence-electron chi connectivity index (χ0n) is 18.8. The van der Waals surface area contributed by atoms with E-state index in [2.05, 4.69) is 58.9 Å².